The molecule has 8 nitrogen and oxygen atoms in total. The van der Waals surface area contributed by atoms with Crippen molar-refractivity contribution in [2.24, 2.45) is 0 Å². The molecule has 2 heterocycles. The number of rotatable bonds is 5. The molecule has 144 valence electrons. The zero-order valence-corrected chi connectivity index (χ0v) is 15.9. The highest BCUT2D eigenvalue weighted by molar-refractivity contribution is 5.89. The molecule has 0 aliphatic heterocycles. The Morgan fingerprint density at radius 1 is 1.14 bits per heavy atom. The Labute approximate surface area is 163 Å². The molecule has 0 radical (unpaired) electrons. The molecule has 8 heteroatoms. The molecule has 0 fully saturated rings. The fraction of sp³-hybridized carbons (Fsp3) is 0.350. The second kappa shape index (κ2) is 8.16. The molecule has 3 aromatic rings. The van der Waals surface area contributed by atoms with Gasteiger partial charge in [-0.15, -0.1) is 10.2 Å². The average Bonchev–Trinajstić information content (AvgIpc) is 3.23. The summed E-state index contributed by atoms with van der Waals surface area (Å²) in [6.07, 6.45) is 8.36. The van der Waals surface area contributed by atoms with Crippen molar-refractivity contribution in [2.45, 2.75) is 39.0 Å². The van der Waals surface area contributed by atoms with Crippen molar-refractivity contribution >= 4 is 11.7 Å². The summed E-state index contributed by atoms with van der Waals surface area (Å²) in [6.45, 7) is 2.54. The third-order valence-electron chi connectivity index (χ3n) is 4.89. The number of anilines is 1. The van der Waals surface area contributed by atoms with Crippen LogP contribution in [0.4, 0.5) is 10.5 Å². The van der Waals surface area contributed by atoms with Crippen LogP contribution in [-0.2, 0) is 19.3 Å². The number of benzene rings is 1. The minimum atomic E-state index is -0.254. The number of nitrogens with zero attached hydrogens (tertiary/aromatic N) is 5. The van der Waals surface area contributed by atoms with Gasteiger partial charge in [-0.3, -0.25) is 4.57 Å². The van der Waals surface area contributed by atoms with Crippen LogP contribution in [0, 0.1) is 6.92 Å². The number of aromatic nitrogens is 5. The second-order valence-electron chi connectivity index (χ2n) is 6.91. The fourth-order valence-corrected chi connectivity index (χ4v) is 3.50. The molecule has 2 amide bonds. The smallest absolute Gasteiger partial charge is 0.319 e. The quantitative estimate of drug-likeness (QED) is 0.712. The molecule has 0 unspecified atom stereocenters. The molecule has 1 aromatic carbocycles. The van der Waals surface area contributed by atoms with Crippen molar-refractivity contribution in [1.29, 1.82) is 0 Å². The molecule has 1 aliphatic rings. The van der Waals surface area contributed by atoms with E-state index in [4.69, 9.17) is 4.98 Å². The lowest BCUT2D eigenvalue weighted by Crippen LogP contribution is -2.31. The van der Waals surface area contributed by atoms with Gasteiger partial charge in [-0.1, -0.05) is 6.07 Å². The van der Waals surface area contributed by atoms with Crippen molar-refractivity contribution < 1.29 is 4.79 Å². The van der Waals surface area contributed by atoms with E-state index < -0.39 is 0 Å². The second-order valence-corrected chi connectivity index (χ2v) is 6.91. The molecule has 2 aromatic heterocycles. The van der Waals surface area contributed by atoms with E-state index in [1.54, 1.807) is 17.2 Å². The minimum absolute atomic E-state index is 0.254. The predicted octanol–water partition coefficient (Wildman–Crippen LogP) is 2.61. The van der Waals surface area contributed by atoms with Crippen LogP contribution in [0.2, 0.25) is 0 Å². The molecular formula is C20H23N7O. The highest BCUT2D eigenvalue weighted by Gasteiger charge is 2.15. The van der Waals surface area contributed by atoms with Crippen LogP contribution in [0.15, 0.2) is 36.9 Å². The molecule has 2 N–H and O–H groups in total. The average molecular weight is 377 g/mol. The van der Waals surface area contributed by atoms with Gasteiger partial charge in [0.2, 0.25) is 0 Å². The molecule has 0 spiro atoms. The van der Waals surface area contributed by atoms with Gasteiger partial charge < -0.3 is 10.6 Å². The van der Waals surface area contributed by atoms with E-state index >= 15 is 0 Å². The van der Waals surface area contributed by atoms with Crippen LogP contribution < -0.4 is 10.6 Å². The normalized spacial score (nSPS) is 13.0. The van der Waals surface area contributed by atoms with Gasteiger partial charge in [0, 0.05) is 30.0 Å². The first-order valence-corrected chi connectivity index (χ1v) is 9.54. The molecule has 28 heavy (non-hydrogen) atoms. The van der Waals surface area contributed by atoms with Gasteiger partial charge in [0.15, 0.2) is 0 Å². The molecule has 0 bridgehead atoms. The summed E-state index contributed by atoms with van der Waals surface area (Å²) in [5.74, 6) is 0.799. The minimum Gasteiger partial charge on any atom is -0.337 e. The first-order valence-electron chi connectivity index (χ1n) is 9.54. The Morgan fingerprint density at radius 3 is 2.82 bits per heavy atom. The number of aryl methyl sites for hydroxylation is 2. The maximum atomic E-state index is 12.2. The van der Waals surface area contributed by atoms with Crippen molar-refractivity contribution in [3.8, 4) is 5.69 Å². The van der Waals surface area contributed by atoms with Crippen LogP contribution in [0.25, 0.3) is 5.69 Å². The lowest BCUT2D eigenvalue weighted by molar-refractivity contribution is 0.252. The Hall–Kier alpha value is -3.29. The summed E-state index contributed by atoms with van der Waals surface area (Å²) in [5, 5.41) is 13.3. The predicted molar refractivity (Wildman–Crippen MR) is 105 cm³/mol. The summed E-state index contributed by atoms with van der Waals surface area (Å²) >= 11 is 0. The van der Waals surface area contributed by atoms with Gasteiger partial charge >= 0.3 is 6.03 Å². The highest BCUT2D eigenvalue weighted by atomic mass is 16.2. The van der Waals surface area contributed by atoms with Gasteiger partial charge in [0.1, 0.15) is 18.5 Å². The summed E-state index contributed by atoms with van der Waals surface area (Å²) in [4.78, 5) is 21.5. The van der Waals surface area contributed by atoms with Crippen molar-refractivity contribution in [3.05, 3.63) is 59.7 Å². The monoisotopic (exact) mass is 377 g/mol. The van der Waals surface area contributed by atoms with E-state index in [0.717, 1.165) is 30.0 Å². The Kier molecular flexibility index (Phi) is 5.27. The lowest BCUT2D eigenvalue weighted by Gasteiger charge is -2.17. The largest absolute Gasteiger partial charge is 0.337 e. The number of hydrogen-bond donors (Lipinski definition) is 2. The Morgan fingerprint density at radius 2 is 1.96 bits per heavy atom. The number of fused-ring (bicyclic) bond motifs is 1. The zero-order chi connectivity index (χ0) is 19.3. The number of carbonyl (C=O) groups excluding carboxylic acids is 1. The lowest BCUT2D eigenvalue weighted by atomic mass is 9.95. The van der Waals surface area contributed by atoms with Crippen LogP contribution in [0.3, 0.4) is 0 Å². The van der Waals surface area contributed by atoms with E-state index in [-0.39, 0.29) is 6.03 Å². The third kappa shape index (κ3) is 4.16. The standard InChI is InChI=1S/C20H23N7O/c1-14-17-7-2-3-8-18(17)26-19(24-14)9-10-21-20(28)25-15-5-4-6-16(11-15)27-12-22-23-13-27/h4-6,11-13H,2-3,7-10H2,1H3,(H2,21,25,28). The molecular weight excluding hydrogens is 354 g/mol. The van der Waals surface area contributed by atoms with Crippen molar-refractivity contribution in [2.75, 3.05) is 11.9 Å². The number of nitrogens with one attached hydrogen (secondary N) is 2. The Bertz CT molecular complexity index is 969. The van der Waals surface area contributed by atoms with E-state index in [9.17, 15) is 4.79 Å². The van der Waals surface area contributed by atoms with Gasteiger partial charge in [0.25, 0.3) is 0 Å². The van der Waals surface area contributed by atoms with Gasteiger partial charge in [0.05, 0.1) is 5.69 Å². The van der Waals surface area contributed by atoms with Gasteiger partial charge in [-0.25, -0.2) is 14.8 Å². The molecule has 1 aliphatic carbocycles. The third-order valence-corrected chi connectivity index (χ3v) is 4.89. The van der Waals surface area contributed by atoms with Gasteiger partial charge in [-0.05, 0) is 56.4 Å². The summed E-state index contributed by atoms with van der Waals surface area (Å²) in [6, 6.07) is 7.23. The van der Waals surface area contributed by atoms with Crippen LogP contribution in [0.5, 0.6) is 0 Å². The number of urea groups is 1. The Balaban J connectivity index is 1.32. The fourth-order valence-electron chi connectivity index (χ4n) is 3.50. The van der Waals surface area contributed by atoms with Crippen LogP contribution >= 0.6 is 0 Å². The number of hydrogen-bond acceptors (Lipinski definition) is 5. The number of carbonyl (C=O) groups is 1. The van der Waals surface area contributed by atoms with Crippen molar-refractivity contribution in [3.63, 3.8) is 0 Å². The summed E-state index contributed by atoms with van der Waals surface area (Å²) in [5.41, 5.74) is 5.15. The molecule has 0 atom stereocenters. The maximum absolute atomic E-state index is 12.2. The SMILES string of the molecule is Cc1nc(CCNC(=O)Nc2cccc(-n3cnnc3)c2)nc2c1CCCC2. The first kappa shape index (κ1) is 18.1. The number of amides is 2. The van der Waals surface area contributed by atoms with E-state index in [1.165, 1.54) is 24.1 Å². The molecule has 0 saturated heterocycles. The molecule has 0 saturated carbocycles. The van der Waals surface area contributed by atoms with Crippen LogP contribution in [0.1, 0.15) is 35.6 Å². The van der Waals surface area contributed by atoms with Gasteiger partial charge in [-0.2, -0.15) is 0 Å². The molecule has 4 rings (SSSR count). The topological polar surface area (TPSA) is 97.6 Å². The first-order chi connectivity index (χ1) is 13.7. The van der Waals surface area contributed by atoms with E-state index in [2.05, 4.69) is 32.7 Å². The van der Waals surface area contributed by atoms with Crippen molar-refractivity contribution in [1.82, 2.24) is 30.0 Å². The zero-order valence-electron chi connectivity index (χ0n) is 15.9. The summed E-state index contributed by atoms with van der Waals surface area (Å²) in [7, 11) is 0. The summed E-state index contributed by atoms with van der Waals surface area (Å²) < 4.78 is 1.78. The van der Waals surface area contributed by atoms with E-state index in [1.807, 2.05) is 24.3 Å². The van der Waals surface area contributed by atoms with Crippen LogP contribution in [-0.4, -0.2) is 37.3 Å². The highest BCUT2D eigenvalue weighted by Crippen LogP contribution is 2.21. The maximum Gasteiger partial charge on any atom is 0.319 e. The van der Waals surface area contributed by atoms with E-state index in [0.29, 0.717) is 18.7 Å².